The third-order valence-corrected chi connectivity index (χ3v) is 15.9. The summed E-state index contributed by atoms with van der Waals surface area (Å²) in [6.45, 7) is 0. The van der Waals surface area contributed by atoms with Crippen LogP contribution in [-0.2, 0) is 5.41 Å². The van der Waals surface area contributed by atoms with E-state index in [0.717, 1.165) is 9.75 Å². The van der Waals surface area contributed by atoms with E-state index in [9.17, 15) is 0 Å². The van der Waals surface area contributed by atoms with Gasteiger partial charge in [0.1, 0.15) is 35.4 Å². The zero-order chi connectivity index (χ0) is 30.0. The lowest BCUT2D eigenvalue weighted by Crippen LogP contribution is -2.27. The van der Waals surface area contributed by atoms with Crippen LogP contribution in [0.2, 0.25) is 0 Å². The molecule has 0 amide bonds. The fourth-order valence-corrected chi connectivity index (χ4v) is 14.5. The van der Waals surface area contributed by atoms with Gasteiger partial charge in [0, 0.05) is 55.2 Å². The highest BCUT2D eigenvalue weighted by molar-refractivity contribution is 7.36. The minimum atomic E-state index is 0.0549. The molecule has 0 saturated heterocycles. The summed E-state index contributed by atoms with van der Waals surface area (Å²) in [5.41, 5.74) is 3.42. The van der Waals surface area contributed by atoms with Gasteiger partial charge in [0.2, 0.25) is 0 Å². The van der Waals surface area contributed by atoms with Gasteiger partial charge in [-0.2, -0.15) is 21.0 Å². The Balaban J connectivity index is 1.22. The topological polar surface area (TPSA) is 95.2 Å². The highest BCUT2D eigenvalue weighted by Crippen LogP contribution is 2.66. The van der Waals surface area contributed by atoms with Gasteiger partial charge in [0.05, 0.1) is 19.2 Å². The van der Waals surface area contributed by atoms with Crippen molar-refractivity contribution in [3.63, 3.8) is 0 Å². The molecule has 44 heavy (non-hydrogen) atoms. The molecule has 0 bridgehead atoms. The van der Waals surface area contributed by atoms with Crippen LogP contribution in [0.3, 0.4) is 0 Å². The van der Waals surface area contributed by atoms with E-state index in [1.807, 2.05) is 81.8 Å². The predicted octanol–water partition coefficient (Wildman–Crippen LogP) is 11.8. The Morgan fingerprint density at radius 3 is 1.45 bits per heavy atom. The van der Waals surface area contributed by atoms with Crippen molar-refractivity contribution in [2.24, 2.45) is 0 Å². The summed E-state index contributed by atoms with van der Waals surface area (Å²) < 4.78 is 5.57. The van der Waals surface area contributed by atoms with Crippen LogP contribution in [0.25, 0.3) is 60.2 Å². The van der Waals surface area contributed by atoms with E-state index >= 15 is 0 Å². The minimum Gasteiger partial charge on any atom is -0.192 e. The quantitative estimate of drug-likeness (QED) is 0.174. The first-order valence-electron chi connectivity index (χ1n) is 13.9. The lowest BCUT2D eigenvalue weighted by molar-refractivity contribution is 0.358. The first-order valence-corrected chi connectivity index (χ1v) is 18.8. The Labute approximate surface area is 277 Å². The van der Waals surface area contributed by atoms with Gasteiger partial charge >= 0.3 is 0 Å². The molecule has 0 aliphatic heterocycles. The molecule has 0 radical (unpaired) electrons. The molecule has 2 aliphatic carbocycles. The van der Waals surface area contributed by atoms with E-state index in [2.05, 4.69) is 24.3 Å². The van der Waals surface area contributed by atoms with Gasteiger partial charge in [-0.3, -0.25) is 0 Å². The highest BCUT2D eigenvalue weighted by atomic mass is 32.1. The van der Waals surface area contributed by atoms with Crippen molar-refractivity contribution >= 4 is 99.0 Å². The second-order valence-corrected chi connectivity index (χ2v) is 17.3. The van der Waals surface area contributed by atoms with Gasteiger partial charge in [-0.25, -0.2) is 0 Å². The minimum absolute atomic E-state index is 0.0549. The molecule has 0 atom stereocenters. The zero-order valence-electron chi connectivity index (χ0n) is 22.9. The molecule has 6 aromatic heterocycles. The van der Waals surface area contributed by atoms with Gasteiger partial charge < -0.3 is 0 Å². The smallest absolute Gasteiger partial charge is 0.131 e. The molecule has 1 fully saturated rings. The number of hydrogen-bond donors (Lipinski definition) is 0. The molecule has 10 heteroatoms. The van der Waals surface area contributed by atoms with Gasteiger partial charge in [-0.1, -0.05) is 19.3 Å². The Kier molecular flexibility index (Phi) is 6.70. The van der Waals surface area contributed by atoms with Crippen LogP contribution in [-0.4, -0.2) is 0 Å². The van der Waals surface area contributed by atoms with Crippen molar-refractivity contribution in [1.82, 2.24) is 0 Å². The van der Waals surface area contributed by atoms with Crippen LogP contribution < -0.4 is 0 Å². The average molecular weight is 675 g/mol. The average Bonchev–Trinajstić information content (AvgIpc) is 3.87. The molecular formula is C34H18N4S6. The normalized spacial score (nSPS) is 14.5. The summed E-state index contributed by atoms with van der Waals surface area (Å²) >= 11 is 10.9. The molecule has 8 rings (SSSR count). The van der Waals surface area contributed by atoms with Crippen molar-refractivity contribution in [3.8, 4) is 53.5 Å². The third kappa shape index (κ3) is 4.19. The van der Waals surface area contributed by atoms with Crippen molar-refractivity contribution in [1.29, 1.82) is 21.0 Å². The molecule has 0 unspecified atom stereocenters. The lowest BCUT2D eigenvalue weighted by Gasteiger charge is -2.35. The van der Waals surface area contributed by atoms with Crippen LogP contribution in [0.1, 0.15) is 53.0 Å². The van der Waals surface area contributed by atoms with E-state index in [0.29, 0.717) is 0 Å². The maximum Gasteiger partial charge on any atom is 0.131 e. The Bertz CT molecular complexity index is 2180. The molecule has 0 N–H and O–H groups in total. The van der Waals surface area contributed by atoms with Crippen LogP contribution >= 0.6 is 68.0 Å². The summed E-state index contributed by atoms with van der Waals surface area (Å²) in [6.07, 6.45) is 9.47. The van der Waals surface area contributed by atoms with Gasteiger partial charge in [-0.15, -0.1) is 68.0 Å². The number of hydrogen-bond acceptors (Lipinski definition) is 10. The van der Waals surface area contributed by atoms with E-state index in [1.165, 1.54) is 80.2 Å². The first-order chi connectivity index (χ1) is 21.5. The number of allylic oxidation sites excluding steroid dienone is 2. The lowest BCUT2D eigenvalue weighted by atomic mass is 9.68. The molecule has 6 heterocycles. The zero-order valence-corrected chi connectivity index (χ0v) is 27.8. The number of thiophene rings is 6. The Hall–Kier alpha value is -3.84. The molecule has 210 valence electrons. The fourth-order valence-electron chi connectivity index (χ4n) is 6.58. The largest absolute Gasteiger partial charge is 0.192 e. The maximum atomic E-state index is 9.17. The maximum absolute atomic E-state index is 9.17. The van der Waals surface area contributed by atoms with Crippen molar-refractivity contribution in [2.75, 3.05) is 0 Å². The molecule has 6 aromatic rings. The molecule has 1 saturated carbocycles. The number of nitriles is 4. The van der Waals surface area contributed by atoms with Crippen molar-refractivity contribution in [2.45, 2.75) is 37.5 Å². The Morgan fingerprint density at radius 2 is 1.02 bits per heavy atom. The number of nitrogens with zero attached hydrogens (tertiary/aromatic N) is 4. The summed E-state index contributed by atoms with van der Waals surface area (Å²) in [5.74, 6) is 0. The van der Waals surface area contributed by atoms with E-state index in [4.69, 9.17) is 21.0 Å². The highest BCUT2D eigenvalue weighted by Gasteiger charge is 2.49. The standard InChI is InChI=1S/C34H18N4S6/c35-14-18(15-36)10-20-4-6-22(39-20)24-12-26-30(41-24)28-32(43-26)33-29(34(28)8-2-1-3-9-34)31-27(44-33)13-25(42-31)23-7-5-21(40-23)11-19(16-37)17-38/h4-7,10-13H,1-3,8-9H2. The molecular weight excluding hydrogens is 657 g/mol. The summed E-state index contributed by atoms with van der Waals surface area (Å²) in [7, 11) is 0. The van der Waals surface area contributed by atoms with Crippen molar-refractivity contribution in [3.05, 3.63) is 68.4 Å². The van der Waals surface area contributed by atoms with Crippen LogP contribution in [0.5, 0.6) is 0 Å². The summed E-state index contributed by atoms with van der Waals surface area (Å²) in [5, 5.41) is 36.7. The van der Waals surface area contributed by atoms with Crippen LogP contribution in [0.4, 0.5) is 0 Å². The number of fused-ring (bicyclic) bond motifs is 9. The van der Waals surface area contributed by atoms with E-state index < -0.39 is 0 Å². The van der Waals surface area contributed by atoms with Gasteiger partial charge in [0.25, 0.3) is 0 Å². The second kappa shape index (κ2) is 10.7. The SMILES string of the molecule is N#CC(C#N)=Cc1ccc(-c2cc3sc4c(c3s2)C2(CCCCC2)c2c-4sc3cc(-c4ccc(C=C(C#N)C#N)s4)sc23)s1. The van der Waals surface area contributed by atoms with Crippen LogP contribution in [0, 0.1) is 45.3 Å². The fraction of sp³-hybridized carbons (Fsp3) is 0.176. The monoisotopic (exact) mass is 674 g/mol. The van der Waals surface area contributed by atoms with E-state index in [1.54, 1.807) is 46.0 Å². The van der Waals surface area contributed by atoms with Crippen molar-refractivity contribution < 1.29 is 0 Å². The first kappa shape index (κ1) is 27.7. The molecule has 4 nitrogen and oxygen atoms in total. The summed E-state index contributed by atoms with van der Waals surface area (Å²) in [4.78, 5) is 9.62. The predicted molar refractivity (Wildman–Crippen MR) is 187 cm³/mol. The number of rotatable bonds is 4. The molecule has 1 spiro atoms. The second-order valence-electron chi connectivity index (χ2n) is 10.8. The third-order valence-electron chi connectivity index (χ3n) is 8.39. The van der Waals surface area contributed by atoms with Crippen LogP contribution in [0.15, 0.2) is 47.5 Å². The van der Waals surface area contributed by atoms with E-state index in [-0.39, 0.29) is 16.6 Å². The molecule has 0 aromatic carbocycles. The Morgan fingerprint density at radius 1 is 0.568 bits per heavy atom. The summed E-state index contributed by atoms with van der Waals surface area (Å²) in [6, 6.07) is 20.7. The van der Waals surface area contributed by atoms with Gasteiger partial charge in [0.15, 0.2) is 0 Å². The van der Waals surface area contributed by atoms with Gasteiger partial charge in [-0.05, 0) is 61.4 Å². The molecule has 2 aliphatic rings.